The van der Waals surface area contributed by atoms with Gasteiger partial charge in [0.25, 0.3) is 5.91 Å². The summed E-state index contributed by atoms with van der Waals surface area (Å²) in [5.74, 6) is 0.918. The van der Waals surface area contributed by atoms with Crippen molar-refractivity contribution < 1.29 is 9.53 Å². The van der Waals surface area contributed by atoms with E-state index in [1.54, 1.807) is 18.2 Å². The highest BCUT2D eigenvalue weighted by Gasteiger charge is 2.09. The summed E-state index contributed by atoms with van der Waals surface area (Å²) in [5, 5.41) is 2.88. The second-order valence-electron chi connectivity index (χ2n) is 5.07. The first-order valence-corrected chi connectivity index (χ1v) is 6.85. The van der Waals surface area contributed by atoms with Gasteiger partial charge in [-0.2, -0.15) is 0 Å². The van der Waals surface area contributed by atoms with Gasteiger partial charge >= 0.3 is 0 Å². The van der Waals surface area contributed by atoms with Gasteiger partial charge in [0.1, 0.15) is 5.75 Å². The third kappa shape index (κ3) is 5.20. The Hall–Kier alpha value is -1.71. The van der Waals surface area contributed by atoms with E-state index in [4.69, 9.17) is 10.5 Å². The van der Waals surface area contributed by atoms with Gasteiger partial charge in [0.2, 0.25) is 0 Å². The molecule has 106 valence electrons. The molecule has 0 saturated carbocycles. The zero-order valence-electron chi connectivity index (χ0n) is 12.0. The third-order valence-electron chi connectivity index (χ3n) is 2.66. The van der Waals surface area contributed by atoms with Gasteiger partial charge in [-0.05, 0) is 30.5 Å². The molecule has 0 spiro atoms. The number of carbonyl (C=O) groups excluding carboxylic acids is 1. The number of nitrogens with one attached hydrogen (secondary N) is 1. The predicted octanol–water partition coefficient (Wildman–Crippen LogP) is 2.83. The molecule has 1 amide bonds. The van der Waals surface area contributed by atoms with Crippen molar-refractivity contribution in [3.05, 3.63) is 23.8 Å². The van der Waals surface area contributed by atoms with Crippen molar-refractivity contribution in [2.24, 2.45) is 5.92 Å². The molecule has 1 rings (SSSR count). The topological polar surface area (TPSA) is 64.4 Å². The van der Waals surface area contributed by atoms with E-state index in [0.29, 0.717) is 36.1 Å². The van der Waals surface area contributed by atoms with Crippen LogP contribution in [0.3, 0.4) is 0 Å². The zero-order valence-corrected chi connectivity index (χ0v) is 12.0. The van der Waals surface area contributed by atoms with Crippen molar-refractivity contribution in [1.82, 2.24) is 5.32 Å². The van der Waals surface area contributed by atoms with Crippen LogP contribution in [0.4, 0.5) is 5.69 Å². The Morgan fingerprint density at radius 2 is 2.16 bits per heavy atom. The summed E-state index contributed by atoms with van der Waals surface area (Å²) in [4.78, 5) is 11.9. The van der Waals surface area contributed by atoms with Crippen LogP contribution in [0.2, 0.25) is 0 Å². The maximum Gasteiger partial charge on any atom is 0.251 e. The predicted molar refractivity (Wildman–Crippen MR) is 78.4 cm³/mol. The SMILES string of the molecule is CCCCNC(=O)c1ccc(N)c(OCC(C)C)c1. The number of benzene rings is 1. The Morgan fingerprint density at radius 3 is 2.79 bits per heavy atom. The molecule has 4 nitrogen and oxygen atoms in total. The lowest BCUT2D eigenvalue weighted by Crippen LogP contribution is -2.24. The third-order valence-corrected chi connectivity index (χ3v) is 2.66. The van der Waals surface area contributed by atoms with E-state index in [1.165, 1.54) is 0 Å². The highest BCUT2D eigenvalue weighted by molar-refractivity contribution is 5.95. The number of nitrogens with two attached hydrogens (primary N) is 1. The first kappa shape index (κ1) is 15.3. The summed E-state index contributed by atoms with van der Waals surface area (Å²) in [7, 11) is 0. The van der Waals surface area contributed by atoms with Crippen molar-refractivity contribution in [3.63, 3.8) is 0 Å². The summed E-state index contributed by atoms with van der Waals surface area (Å²) in [6, 6.07) is 5.14. The second-order valence-corrected chi connectivity index (χ2v) is 5.07. The molecule has 0 aliphatic carbocycles. The fourth-order valence-corrected chi connectivity index (χ4v) is 1.54. The normalized spacial score (nSPS) is 10.5. The molecule has 0 unspecified atom stereocenters. The Morgan fingerprint density at radius 1 is 1.42 bits per heavy atom. The molecule has 0 heterocycles. The van der Waals surface area contributed by atoms with Crippen LogP contribution >= 0.6 is 0 Å². The molecule has 0 atom stereocenters. The molecular weight excluding hydrogens is 240 g/mol. The van der Waals surface area contributed by atoms with Crippen molar-refractivity contribution in [1.29, 1.82) is 0 Å². The van der Waals surface area contributed by atoms with Crippen LogP contribution in [0.1, 0.15) is 44.0 Å². The number of hydrogen-bond acceptors (Lipinski definition) is 3. The summed E-state index contributed by atoms with van der Waals surface area (Å²) in [6.07, 6.45) is 2.04. The Balaban J connectivity index is 2.69. The van der Waals surface area contributed by atoms with Crippen LogP contribution in [0.15, 0.2) is 18.2 Å². The van der Waals surface area contributed by atoms with Crippen LogP contribution in [0.25, 0.3) is 0 Å². The van der Waals surface area contributed by atoms with Crippen LogP contribution in [-0.2, 0) is 0 Å². The van der Waals surface area contributed by atoms with Gasteiger partial charge in [-0.3, -0.25) is 4.79 Å². The van der Waals surface area contributed by atoms with Crippen LogP contribution < -0.4 is 15.8 Å². The van der Waals surface area contributed by atoms with Gasteiger partial charge in [-0.1, -0.05) is 27.2 Å². The van der Waals surface area contributed by atoms with E-state index in [0.717, 1.165) is 12.8 Å². The van der Waals surface area contributed by atoms with Crippen LogP contribution in [0.5, 0.6) is 5.75 Å². The Kier molecular flexibility index (Phi) is 6.19. The smallest absolute Gasteiger partial charge is 0.251 e. The zero-order chi connectivity index (χ0) is 14.3. The Bertz CT molecular complexity index is 417. The number of amides is 1. The van der Waals surface area contributed by atoms with Crippen molar-refractivity contribution in [2.75, 3.05) is 18.9 Å². The number of anilines is 1. The molecule has 1 aromatic rings. The van der Waals surface area contributed by atoms with E-state index in [9.17, 15) is 4.79 Å². The van der Waals surface area contributed by atoms with Gasteiger partial charge in [-0.15, -0.1) is 0 Å². The lowest BCUT2D eigenvalue weighted by Gasteiger charge is -2.12. The molecule has 19 heavy (non-hydrogen) atoms. The van der Waals surface area contributed by atoms with Crippen LogP contribution in [-0.4, -0.2) is 19.1 Å². The highest BCUT2D eigenvalue weighted by atomic mass is 16.5. The molecule has 0 bridgehead atoms. The van der Waals surface area contributed by atoms with Gasteiger partial charge in [0, 0.05) is 12.1 Å². The van der Waals surface area contributed by atoms with Gasteiger partial charge in [0.15, 0.2) is 0 Å². The van der Waals surface area contributed by atoms with E-state index in [2.05, 4.69) is 26.1 Å². The largest absolute Gasteiger partial charge is 0.491 e. The fraction of sp³-hybridized carbons (Fsp3) is 0.533. The molecular formula is C15H24N2O2. The summed E-state index contributed by atoms with van der Waals surface area (Å²) >= 11 is 0. The summed E-state index contributed by atoms with van der Waals surface area (Å²) in [6.45, 7) is 7.51. The number of unbranched alkanes of at least 4 members (excludes halogenated alkanes) is 1. The van der Waals surface area contributed by atoms with E-state index in [-0.39, 0.29) is 5.91 Å². The molecule has 0 aromatic heterocycles. The number of carbonyl (C=O) groups is 1. The minimum atomic E-state index is -0.0807. The summed E-state index contributed by atoms with van der Waals surface area (Å²) in [5.41, 5.74) is 6.99. The maximum absolute atomic E-state index is 11.9. The quantitative estimate of drug-likeness (QED) is 0.588. The average molecular weight is 264 g/mol. The lowest BCUT2D eigenvalue weighted by molar-refractivity contribution is 0.0952. The van der Waals surface area contributed by atoms with E-state index < -0.39 is 0 Å². The highest BCUT2D eigenvalue weighted by Crippen LogP contribution is 2.23. The van der Waals surface area contributed by atoms with E-state index in [1.807, 2.05) is 0 Å². The standard InChI is InChI=1S/C15H24N2O2/c1-4-5-8-17-15(18)12-6-7-13(16)14(9-12)19-10-11(2)3/h6-7,9,11H,4-5,8,10,16H2,1-3H3,(H,17,18). The molecule has 0 aliphatic heterocycles. The molecule has 0 fully saturated rings. The first-order valence-electron chi connectivity index (χ1n) is 6.85. The molecule has 4 heteroatoms. The molecule has 0 aliphatic rings. The van der Waals surface area contributed by atoms with E-state index >= 15 is 0 Å². The minimum Gasteiger partial charge on any atom is -0.491 e. The average Bonchev–Trinajstić information content (AvgIpc) is 2.37. The first-order chi connectivity index (χ1) is 9.04. The molecule has 3 N–H and O–H groups in total. The minimum absolute atomic E-state index is 0.0807. The monoisotopic (exact) mass is 264 g/mol. The molecule has 1 aromatic carbocycles. The molecule has 0 saturated heterocycles. The van der Waals surface area contributed by atoms with Crippen molar-refractivity contribution >= 4 is 11.6 Å². The number of ether oxygens (including phenoxy) is 1. The van der Waals surface area contributed by atoms with Gasteiger partial charge in [-0.25, -0.2) is 0 Å². The van der Waals surface area contributed by atoms with Gasteiger partial charge in [0.05, 0.1) is 12.3 Å². The number of rotatable bonds is 7. The van der Waals surface area contributed by atoms with Crippen molar-refractivity contribution in [2.45, 2.75) is 33.6 Å². The van der Waals surface area contributed by atoms with Crippen molar-refractivity contribution in [3.8, 4) is 5.75 Å². The number of hydrogen-bond donors (Lipinski definition) is 2. The number of nitrogen functional groups attached to an aromatic ring is 1. The van der Waals surface area contributed by atoms with Crippen LogP contribution in [0, 0.1) is 5.92 Å². The molecule has 0 radical (unpaired) electrons. The summed E-state index contributed by atoms with van der Waals surface area (Å²) < 4.78 is 5.61. The fourth-order valence-electron chi connectivity index (χ4n) is 1.54. The van der Waals surface area contributed by atoms with Gasteiger partial charge < -0.3 is 15.8 Å². The Labute approximate surface area is 115 Å². The second kappa shape index (κ2) is 7.67. The lowest BCUT2D eigenvalue weighted by atomic mass is 10.1. The maximum atomic E-state index is 11.9.